The van der Waals surface area contributed by atoms with Gasteiger partial charge in [-0.05, 0) is 56.2 Å². The van der Waals surface area contributed by atoms with Crippen molar-refractivity contribution in [3.63, 3.8) is 0 Å². The van der Waals surface area contributed by atoms with Crippen molar-refractivity contribution in [2.75, 3.05) is 20.8 Å². The summed E-state index contributed by atoms with van der Waals surface area (Å²) in [5.74, 6) is -1.35. The van der Waals surface area contributed by atoms with E-state index in [1.807, 2.05) is 29.7 Å². The van der Waals surface area contributed by atoms with Crippen molar-refractivity contribution in [2.24, 2.45) is 0 Å². The van der Waals surface area contributed by atoms with Gasteiger partial charge in [-0.3, -0.25) is 0 Å². The molecule has 1 aliphatic rings. The Bertz CT molecular complexity index is 1530. The molecule has 9 heteroatoms. The number of aromatic nitrogens is 2. The topological polar surface area (TPSA) is 62.6 Å². The smallest absolute Gasteiger partial charge is 0.337 e. The van der Waals surface area contributed by atoms with Gasteiger partial charge in [0.25, 0.3) is 0 Å². The number of ether oxygens (including phenoxy) is 3. The van der Waals surface area contributed by atoms with Crippen LogP contribution in [0, 0.1) is 11.6 Å². The molecule has 0 N–H and O–H groups in total. The highest BCUT2D eigenvalue weighted by Crippen LogP contribution is 2.51. The van der Waals surface area contributed by atoms with E-state index in [4.69, 9.17) is 30.8 Å². The Morgan fingerprint density at radius 1 is 1.02 bits per heavy atom. The van der Waals surface area contributed by atoms with Crippen LogP contribution in [0.15, 0.2) is 54.6 Å². The molecule has 1 saturated carbocycles. The fourth-order valence-electron chi connectivity index (χ4n) is 5.96. The van der Waals surface area contributed by atoms with Gasteiger partial charge in [0.15, 0.2) is 11.6 Å². The van der Waals surface area contributed by atoms with Gasteiger partial charge in [-0.25, -0.2) is 18.6 Å². The third-order valence-electron chi connectivity index (χ3n) is 7.72. The summed E-state index contributed by atoms with van der Waals surface area (Å²) < 4.78 is 48.5. The van der Waals surface area contributed by atoms with Crippen molar-refractivity contribution in [3.05, 3.63) is 82.4 Å². The number of benzene rings is 3. The number of hydrogen-bond acceptors (Lipinski definition) is 5. The molecule has 4 aromatic rings. The number of imidazole rings is 1. The number of fused-ring (bicyclic) bond motifs is 1. The van der Waals surface area contributed by atoms with Gasteiger partial charge in [-0.2, -0.15) is 0 Å². The molecule has 1 aromatic heterocycles. The molecule has 0 amide bonds. The van der Waals surface area contributed by atoms with Crippen LogP contribution in [0.4, 0.5) is 8.78 Å². The summed E-state index contributed by atoms with van der Waals surface area (Å²) in [7, 11) is 2.87. The zero-order valence-electron chi connectivity index (χ0n) is 22.7. The SMILES string of the molecule is CCOC(c1ccc(C(=O)OC)cc1OC)C1(n2c(-c3ccc(Cl)cc3)nc3cc(F)c(F)cc32)CCCCC1. The van der Waals surface area contributed by atoms with E-state index < -0.39 is 29.2 Å². The lowest BCUT2D eigenvalue weighted by molar-refractivity contribution is -0.0482. The fraction of sp³-hybridized carbons (Fsp3) is 0.355. The normalized spacial score (nSPS) is 15.7. The van der Waals surface area contributed by atoms with E-state index in [1.54, 1.807) is 31.4 Å². The molecular formula is C31H31ClF2N2O4. The van der Waals surface area contributed by atoms with Crippen LogP contribution in [0.2, 0.25) is 5.02 Å². The van der Waals surface area contributed by atoms with Gasteiger partial charge in [0.2, 0.25) is 0 Å². The maximum absolute atomic E-state index is 14.8. The second-order valence-corrected chi connectivity index (χ2v) is 10.4. The lowest BCUT2D eigenvalue weighted by Gasteiger charge is -2.46. The molecule has 0 saturated heterocycles. The van der Waals surface area contributed by atoms with E-state index in [9.17, 15) is 13.6 Å². The minimum absolute atomic E-state index is 0.344. The first-order valence-electron chi connectivity index (χ1n) is 13.3. The van der Waals surface area contributed by atoms with Crippen LogP contribution in [0.3, 0.4) is 0 Å². The summed E-state index contributed by atoms with van der Waals surface area (Å²) >= 11 is 6.19. The number of esters is 1. The van der Waals surface area contributed by atoms with Gasteiger partial charge in [-0.15, -0.1) is 0 Å². The Morgan fingerprint density at radius 2 is 1.73 bits per heavy atom. The third kappa shape index (κ3) is 4.95. The molecule has 1 heterocycles. The van der Waals surface area contributed by atoms with E-state index in [0.29, 0.717) is 52.6 Å². The van der Waals surface area contributed by atoms with Crippen LogP contribution in [-0.2, 0) is 15.0 Å². The standard InChI is InChI=1S/C31H31ClF2N2O4/c1-4-40-28(22-13-10-20(30(37)39-3)16-27(22)38-2)31(14-6-5-7-15-31)36-26-18-24(34)23(33)17-25(26)35-29(36)19-8-11-21(32)12-9-19/h8-13,16-18,28H,4-7,14-15H2,1-3H3. The Kier molecular flexibility index (Phi) is 8.10. The lowest BCUT2D eigenvalue weighted by Crippen LogP contribution is -2.43. The number of halogens is 3. The number of carbonyl (C=O) groups is 1. The van der Waals surface area contributed by atoms with Crippen molar-refractivity contribution in [3.8, 4) is 17.1 Å². The lowest BCUT2D eigenvalue weighted by atomic mass is 9.74. The molecule has 1 aliphatic carbocycles. The Hall–Kier alpha value is -3.49. The van der Waals surface area contributed by atoms with Crippen LogP contribution in [0.25, 0.3) is 22.4 Å². The quantitative estimate of drug-likeness (QED) is 0.202. The van der Waals surface area contributed by atoms with Crippen LogP contribution in [0.1, 0.15) is 61.1 Å². The van der Waals surface area contributed by atoms with E-state index in [0.717, 1.165) is 36.5 Å². The largest absolute Gasteiger partial charge is 0.496 e. The number of rotatable bonds is 8. The number of hydrogen-bond donors (Lipinski definition) is 0. The minimum atomic E-state index is -0.959. The summed E-state index contributed by atoms with van der Waals surface area (Å²) in [6, 6.07) is 14.7. The summed E-state index contributed by atoms with van der Waals surface area (Å²) in [6.07, 6.45) is 3.67. The van der Waals surface area contributed by atoms with E-state index in [-0.39, 0.29) is 0 Å². The molecule has 6 nitrogen and oxygen atoms in total. The number of nitrogens with zero attached hydrogens (tertiary/aromatic N) is 2. The van der Waals surface area contributed by atoms with Crippen molar-refractivity contribution in [1.29, 1.82) is 0 Å². The number of carbonyl (C=O) groups excluding carboxylic acids is 1. The highest BCUT2D eigenvalue weighted by Gasteiger charge is 2.46. The molecule has 1 atom stereocenters. The Morgan fingerprint density at radius 3 is 2.38 bits per heavy atom. The Labute approximate surface area is 236 Å². The predicted molar refractivity (Wildman–Crippen MR) is 150 cm³/mol. The van der Waals surface area contributed by atoms with Gasteiger partial charge in [0, 0.05) is 34.9 Å². The predicted octanol–water partition coefficient (Wildman–Crippen LogP) is 7.87. The van der Waals surface area contributed by atoms with Crippen LogP contribution in [-0.4, -0.2) is 36.3 Å². The molecule has 0 bridgehead atoms. The van der Waals surface area contributed by atoms with Crippen molar-refractivity contribution in [2.45, 2.75) is 50.7 Å². The molecular weight excluding hydrogens is 538 g/mol. The molecule has 0 spiro atoms. The van der Waals surface area contributed by atoms with E-state index in [2.05, 4.69) is 0 Å². The third-order valence-corrected chi connectivity index (χ3v) is 7.97. The fourth-order valence-corrected chi connectivity index (χ4v) is 6.08. The second-order valence-electron chi connectivity index (χ2n) is 9.98. The number of methoxy groups -OCH3 is 2. The maximum Gasteiger partial charge on any atom is 0.337 e. The Balaban J connectivity index is 1.82. The first kappa shape index (κ1) is 28.1. The second kappa shape index (κ2) is 11.6. The minimum Gasteiger partial charge on any atom is -0.496 e. The van der Waals surface area contributed by atoms with Gasteiger partial charge < -0.3 is 18.8 Å². The first-order valence-corrected chi connectivity index (χ1v) is 13.7. The highest BCUT2D eigenvalue weighted by molar-refractivity contribution is 6.30. The zero-order valence-corrected chi connectivity index (χ0v) is 23.4. The summed E-state index contributed by atoms with van der Waals surface area (Å²) in [5, 5.41) is 0.568. The molecule has 1 unspecified atom stereocenters. The molecule has 210 valence electrons. The first-order chi connectivity index (χ1) is 19.3. The molecule has 40 heavy (non-hydrogen) atoms. The molecule has 0 radical (unpaired) electrons. The maximum atomic E-state index is 14.8. The average Bonchev–Trinajstić information content (AvgIpc) is 3.34. The summed E-state index contributed by atoms with van der Waals surface area (Å²) in [6.45, 7) is 2.31. The van der Waals surface area contributed by atoms with Gasteiger partial charge in [-0.1, -0.05) is 36.9 Å². The van der Waals surface area contributed by atoms with Crippen LogP contribution in [0.5, 0.6) is 5.75 Å². The highest BCUT2D eigenvalue weighted by atomic mass is 35.5. The molecule has 5 rings (SSSR count). The van der Waals surface area contributed by atoms with Gasteiger partial charge >= 0.3 is 5.97 Å². The van der Waals surface area contributed by atoms with Crippen LogP contribution >= 0.6 is 11.6 Å². The van der Waals surface area contributed by atoms with E-state index >= 15 is 0 Å². The van der Waals surface area contributed by atoms with Crippen molar-refractivity contribution in [1.82, 2.24) is 9.55 Å². The van der Waals surface area contributed by atoms with Gasteiger partial charge in [0.1, 0.15) is 17.7 Å². The van der Waals surface area contributed by atoms with E-state index in [1.165, 1.54) is 13.2 Å². The van der Waals surface area contributed by atoms with Crippen molar-refractivity contribution < 1.29 is 27.8 Å². The molecule has 3 aromatic carbocycles. The van der Waals surface area contributed by atoms with Crippen molar-refractivity contribution >= 4 is 28.6 Å². The summed E-state index contributed by atoms with van der Waals surface area (Å²) in [4.78, 5) is 17.1. The van der Waals surface area contributed by atoms with Gasteiger partial charge in [0.05, 0.1) is 36.4 Å². The monoisotopic (exact) mass is 568 g/mol. The summed E-state index contributed by atoms with van der Waals surface area (Å²) in [5.41, 5.74) is 1.93. The average molecular weight is 569 g/mol. The molecule has 1 fully saturated rings. The zero-order chi connectivity index (χ0) is 28.4. The molecule has 0 aliphatic heterocycles. The van der Waals surface area contributed by atoms with Crippen LogP contribution < -0.4 is 4.74 Å².